The van der Waals surface area contributed by atoms with Crippen LogP contribution in [-0.2, 0) is 4.74 Å². The van der Waals surface area contributed by atoms with Crippen molar-refractivity contribution >= 4 is 0 Å². The molecule has 1 aliphatic heterocycles. The van der Waals surface area contributed by atoms with Crippen LogP contribution in [0.15, 0.2) is 23.3 Å². The molecular formula is C15H24O. The van der Waals surface area contributed by atoms with Crippen molar-refractivity contribution < 1.29 is 4.74 Å². The van der Waals surface area contributed by atoms with Crippen LogP contribution in [0.5, 0.6) is 0 Å². The number of hydrogen-bond donors (Lipinski definition) is 0. The average molecular weight is 220 g/mol. The summed E-state index contributed by atoms with van der Waals surface area (Å²) in [5.41, 5.74) is 3.13. The third-order valence-corrected chi connectivity index (χ3v) is 4.17. The van der Waals surface area contributed by atoms with E-state index in [2.05, 4.69) is 39.8 Å². The van der Waals surface area contributed by atoms with E-state index < -0.39 is 0 Å². The molecule has 0 saturated carbocycles. The second kappa shape index (κ2) is 4.37. The second-order valence-corrected chi connectivity index (χ2v) is 5.83. The van der Waals surface area contributed by atoms with Crippen molar-refractivity contribution in [1.29, 1.82) is 0 Å². The van der Waals surface area contributed by atoms with Gasteiger partial charge in [-0.05, 0) is 59.3 Å². The van der Waals surface area contributed by atoms with Crippen LogP contribution in [-0.4, -0.2) is 11.7 Å². The Morgan fingerprint density at radius 1 is 1.56 bits per heavy atom. The van der Waals surface area contributed by atoms with Gasteiger partial charge in [0.15, 0.2) is 0 Å². The summed E-state index contributed by atoms with van der Waals surface area (Å²) in [5.74, 6) is 0.742. The highest BCUT2D eigenvalue weighted by Crippen LogP contribution is 2.49. The Hall–Kier alpha value is -0.560. The van der Waals surface area contributed by atoms with Gasteiger partial charge in [0.05, 0.1) is 11.7 Å². The third kappa shape index (κ3) is 2.40. The molecule has 1 saturated heterocycles. The summed E-state index contributed by atoms with van der Waals surface area (Å²) in [6.45, 7) is 8.86. The standard InChI is InChI=1S/C15H24O/c1-11(2)5-10-14-15(4,16-14)13-8-6-12(3)7-9-13/h5-6,13-14H,7-10H2,1-4H3/t13-,14+,15-/m1/s1. The first-order chi connectivity index (χ1) is 7.52. The van der Waals surface area contributed by atoms with Crippen molar-refractivity contribution in [2.75, 3.05) is 0 Å². The van der Waals surface area contributed by atoms with E-state index in [9.17, 15) is 0 Å². The minimum atomic E-state index is 0.170. The molecular weight excluding hydrogens is 196 g/mol. The monoisotopic (exact) mass is 220 g/mol. The van der Waals surface area contributed by atoms with Crippen LogP contribution < -0.4 is 0 Å². The van der Waals surface area contributed by atoms with Crippen molar-refractivity contribution in [2.45, 2.75) is 65.1 Å². The van der Waals surface area contributed by atoms with E-state index in [-0.39, 0.29) is 5.60 Å². The Morgan fingerprint density at radius 2 is 2.31 bits per heavy atom. The van der Waals surface area contributed by atoms with Gasteiger partial charge in [0.1, 0.15) is 0 Å². The van der Waals surface area contributed by atoms with E-state index in [4.69, 9.17) is 4.74 Å². The molecule has 0 N–H and O–H groups in total. The molecule has 0 spiro atoms. The largest absolute Gasteiger partial charge is 0.366 e. The molecule has 90 valence electrons. The first-order valence-electron chi connectivity index (χ1n) is 6.49. The van der Waals surface area contributed by atoms with E-state index in [1.165, 1.54) is 24.8 Å². The van der Waals surface area contributed by atoms with Crippen LogP contribution >= 0.6 is 0 Å². The smallest absolute Gasteiger partial charge is 0.0954 e. The van der Waals surface area contributed by atoms with Gasteiger partial charge < -0.3 is 4.74 Å². The Labute approximate surface area is 99.6 Å². The molecule has 0 aromatic carbocycles. The maximum Gasteiger partial charge on any atom is 0.0954 e. The molecule has 0 amide bonds. The van der Waals surface area contributed by atoms with Crippen molar-refractivity contribution in [3.8, 4) is 0 Å². The molecule has 3 atom stereocenters. The minimum absolute atomic E-state index is 0.170. The molecule has 16 heavy (non-hydrogen) atoms. The number of allylic oxidation sites excluding steroid dienone is 3. The molecule has 0 aromatic rings. The first-order valence-corrected chi connectivity index (χ1v) is 6.49. The third-order valence-electron chi connectivity index (χ3n) is 4.17. The molecule has 1 nitrogen and oxygen atoms in total. The molecule has 0 radical (unpaired) electrons. The van der Waals surface area contributed by atoms with Gasteiger partial charge in [-0.3, -0.25) is 0 Å². The second-order valence-electron chi connectivity index (χ2n) is 5.83. The lowest BCUT2D eigenvalue weighted by Gasteiger charge is -2.24. The van der Waals surface area contributed by atoms with Crippen LogP contribution in [0, 0.1) is 5.92 Å². The van der Waals surface area contributed by atoms with E-state index in [0.29, 0.717) is 6.10 Å². The Kier molecular flexibility index (Phi) is 3.25. The predicted octanol–water partition coefficient (Wildman–Crippen LogP) is 4.25. The lowest BCUT2D eigenvalue weighted by molar-refractivity contribution is 0.218. The van der Waals surface area contributed by atoms with E-state index in [1.807, 2.05) is 0 Å². The highest BCUT2D eigenvalue weighted by atomic mass is 16.6. The fourth-order valence-corrected chi connectivity index (χ4v) is 2.74. The van der Waals surface area contributed by atoms with Crippen molar-refractivity contribution in [1.82, 2.24) is 0 Å². The topological polar surface area (TPSA) is 12.5 Å². The summed E-state index contributed by atoms with van der Waals surface area (Å²) in [6.07, 6.45) is 10.1. The number of epoxide rings is 1. The lowest BCUT2D eigenvalue weighted by atomic mass is 9.79. The highest BCUT2D eigenvalue weighted by Gasteiger charge is 2.55. The van der Waals surface area contributed by atoms with E-state index >= 15 is 0 Å². The Bertz CT molecular complexity index is 322. The van der Waals surface area contributed by atoms with Crippen molar-refractivity contribution in [3.05, 3.63) is 23.3 Å². The maximum absolute atomic E-state index is 5.96. The minimum Gasteiger partial charge on any atom is -0.366 e. The van der Waals surface area contributed by atoms with Crippen LogP contribution in [0.4, 0.5) is 0 Å². The zero-order chi connectivity index (χ0) is 11.8. The summed E-state index contributed by atoms with van der Waals surface area (Å²) < 4.78 is 5.96. The SMILES string of the molecule is CC(C)=CC[C@@H]1O[C@]1(C)[C@@H]1CC=C(C)CC1. The van der Waals surface area contributed by atoms with Gasteiger partial charge in [0, 0.05) is 0 Å². The Balaban J connectivity index is 1.89. The fourth-order valence-electron chi connectivity index (χ4n) is 2.74. The van der Waals surface area contributed by atoms with Gasteiger partial charge >= 0.3 is 0 Å². The van der Waals surface area contributed by atoms with Crippen LogP contribution in [0.2, 0.25) is 0 Å². The van der Waals surface area contributed by atoms with Gasteiger partial charge in [-0.25, -0.2) is 0 Å². The van der Waals surface area contributed by atoms with Gasteiger partial charge in [0.2, 0.25) is 0 Å². The molecule has 2 rings (SSSR count). The van der Waals surface area contributed by atoms with Gasteiger partial charge in [-0.15, -0.1) is 0 Å². The normalized spacial score (nSPS) is 37.9. The maximum atomic E-state index is 5.96. The van der Waals surface area contributed by atoms with Crippen LogP contribution in [0.3, 0.4) is 0 Å². The molecule has 1 heterocycles. The fraction of sp³-hybridized carbons (Fsp3) is 0.733. The van der Waals surface area contributed by atoms with E-state index in [0.717, 1.165) is 12.3 Å². The summed E-state index contributed by atoms with van der Waals surface area (Å²) in [6, 6.07) is 0. The Morgan fingerprint density at radius 3 is 2.88 bits per heavy atom. The molecule has 1 fully saturated rings. The first kappa shape index (κ1) is 11.9. The number of ether oxygens (including phenoxy) is 1. The quantitative estimate of drug-likeness (QED) is 0.512. The zero-order valence-electron chi connectivity index (χ0n) is 11.0. The number of rotatable bonds is 3. The van der Waals surface area contributed by atoms with Gasteiger partial charge in [-0.2, -0.15) is 0 Å². The summed E-state index contributed by atoms with van der Waals surface area (Å²) >= 11 is 0. The van der Waals surface area contributed by atoms with E-state index in [1.54, 1.807) is 5.57 Å². The molecule has 1 aliphatic carbocycles. The molecule has 1 heteroatoms. The van der Waals surface area contributed by atoms with Crippen LogP contribution in [0.25, 0.3) is 0 Å². The molecule has 0 aromatic heterocycles. The van der Waals surface area contributed by atoms with Crippen molar-refractivity contribution in [3.63, 3.8) is 0 Å². The predicted molar refractivity (Wildman–Crippen MR) is 68.4 cm³/mol. The molecule has 2 aliphatic rings. The number of hydrogen-bond acceptors (Lipinski definition) is 1. The summed E-state index contributed by atoms with van der Waals surface area (Å²) in [4.78, 5) is 0. The van der Waals surface area contributed by atoms with Crippen molar-refractivity contribution in [2.24, 2.45) is 5.92 Å². The van der Waals surface area contributed by atoms with Crippen LogP contribution in [0.1, 0.15) is 53.4 Å². The average Bonchev–Trinajstić information content (AvgIpc) is 2.89. The highest BCUT2D eigenvalue weighted by molar-refractivity contribution is 5.13. The van der Waals surface area contributed by atoms with Gasteiger partial charge in [-0.1, -0.05) is 23.3 Å². The molecule has 0 bridgehead atoms. The van der Waals surface area contributed by atoms with Gasteiger partial charge in [0.25, 0.3) is 0 Å². The lowest BCUT2D eigenvalue weighted by Crippen LogP contribution is -2.25. The summed E-state index contributed by atoms with van der Waals surface area (Å²) in [7, 11) is 0. The summed E-state index contributed by atoms with van der Waals surface area (Å²) in [5, 5.41) is 0. The zero-order valence-corrected chi connectivity index (χ0v) is 11.0. The molecule has 0 unspecified atom stereocenters.